The highest BCUT2D eigenvalue weighted by Crippen LogP contribution is 2.40. The zero-order valence-corrected chi connectivity index (χ0v) is 14.6. The molecule has 1 heterocycles. The molecule has 0 N–H and O–H groups in total. The lowest BCUT2D eigenvalue weighted by molar-refractivity contribution is -0.142. The Labute approximate surface area is 154 Å². The molecular weight excluding hydrogens is 355 g/mol. The Balaban J connectivity index is 2.03. The summed E-state index contributed by atoms with van der Waals surface area (Å²) in [6, 6.07) is 8.80. The van der Waals surface area contributed by atoms with Crippen LogP contribution in [0.5, 0.6) is 11.5 Å². The number of carbonyl (C=O) groups excluding carboxylic acids is 3. The molecule has 0 saturated carbocycles. The second-order valence-corrected chi connectivity index (χ2v) is 5.75. The van der Waals surface area contributed by atoms with E-state index in [9.17, 15) is 18.8 Å². The normalized spacial score (nSPS) is 13.9. The van der Waals surface area contributed by atoms with Crippen LogP contribution in [-0.2, 0) is 20.9 Å². The standard InChI is InChI=1S/C20H15FO6/c1-11(22)25-10-15-17(26-12(2)23)8-7-14-19(24)18(27-20(14)15)9-13-5-3-4-6-16(13)21/h3-9H,10H2,1-2H3/b18-9-. The Bertz CT molecular complexity index is 976. The molecule has 2 aromatic carbocycles. The van der Waals surface area contributed by atoms with E-state index in [0.29, 0.717) is 0 Å². The Morgan fingerprint density at radius 2 is 1.85 bits per heavy atom. The van der Waals surface area contributed by atoms with Crippen LogP contribution in [-0.4, -0.2) is 17.7 Å². The maximum absolute atomic E-state index is 13.9. The Hall–Kier alpha value is -3.48. The number of carbonyl (C=O) groups is 3. The summed E-state index contributed by atoms with van der Waals surface area (Å²) in [5.41, 5.74) is 0.634. The van der Waals surface area contributed by atoms with E-state index in [4.69, 9.17) is 14.2 Å². The molecule has 0 amide bonds. The number of hydrogen-bond donors (Lipinski definition) is 0. The minimum absolute atomic E-state index is 0.0841. The smallest absolute Gasteiger partial charge is 0.308 e. The zero-order chi connectivity index (χ0) is 19.6. The molecule has 27 heavy (non-hydrogen) atoms. The van der Waals surface area contributed by atoms with Crippen LogP contribution >= 0.6 is 0 Å². The fraction of sp³-hybridized carbons (Fsp3) is 0.150. The van der Waals surface area contributed by atoms with Crippen molar-refractivity contribution in [1.29, 1.82) is 0 Å². The number of ether oxygens (including phenoxy) is 3. The molecule has 0 aliphatic carbocycles. The van der Waals surface area contributed by atoms with Crippen molar-refractivity contribution in [3.8, 4) is 11.5 Å². The van der Waals surface area contributed by atoms with Crippen molar-refractivity contribution < 1.29 is 33.0 Å². The fourth-order valence-electron chi connectivity index (χ4n) is 2.58. The van der Waals surface area contributed by atoms with E-state index in [0.717, 1.165) is 0 Å². The Kier molecular flexibility index (Phi) is 5.03. The number of Topliss-reactive ketones (excluding diaryl/α,β-unsaturated/α-hetero) is 1. The van der Waals surface area contributed by atoms with E-state index in [1.807, 2.05) is 0 Å². The molecule has 1 aliphatic heterocycles. The van der Waals surface area contributed by atoms with Crippen molar-refractivity contribution in [3.05, 3.63) is 64.7 Å². The summed E-state index contributed by atoms with van der Waals surface area (Å²) in [6.07, 6.45) is 1.29. The molecule has 0 atom stereocenters. The molecule has 3 rings (SSSR count). The summed E-state index contributed by atoms with van der Waals surface area (Å²) in [6.45, 7) is 2.20. The molecule has 0 spiro atoms. The number of hydrogen-bond acceptors (Lipinski definition) is 6. The van der Waals surface area contributed by atoms with E-state index in [-0.39, 0.29) is 40.6 Å². The van der Waals surface area contributed by atoms with Gasteiger partial charge in [-0.25, -0.2) is 4.39 Å². The number of fused-ring (bicyclic) bond motifs is 1. The number of benzene rings is 2. The maximum atomic E-state index is 13.9. The summed E-state index contributed by atoms with van der Waals surface area (Å²) in [5, 5.41) is 0. The summed E-state index contributed by atoms with van der Waals surface area (Å²) in [7, 11) is 0. The van der Waals surface area contributed by atoms with Crippen LogP contribution in [0, 0.1) is 5.82 Å². The van der Waals surface area contributed by atoms with Crippen LogP contribution in [0.2, 0.25) is 0 Å². The van der Waals surface area contributed by atoms with Gasteiger partial charge in [-0.05, 0) is 24.3 Å². The maximum Gasteiger partial charge on any atom is 0.308 e. The molecule has 2 aromatic rings. The summed E-state index contributed by atoms with van der Waals surface area (Å²) in [5.74, 6) is -1.94. The van der Waals surface area contributed by atoms with Gasteiger partial charge < -0.3 is 14.2 Å². The van der Waals surface area contributed by atoms with Gasteiger partial charge in [-0.15, -0.1) is 0 Å². The third kappa shape index (κ3) is 3.87. The molecule has 138 valence electrons. The third-order valence-electron chi connectivity index (χ3n) is 3.76. The van der Waals surface area contributed by atoms with Gasteiger partial charge >= 0.3 is 11.9 Å². The number of esters is 2. The van der Waals surface area contributed by atoms with E-state index >= 15 is 0 Å². The first kappa shape index (κ1) is 18.3. The van der Waals surface area contributed by atoms with Crippen molar-refractivity contribution in [2.45, 2.75) is 20.5 Å². The van der Waals surface area contributed by atoms with Gasteiger partial charge in [0.2, 0.25) is 5.78 Å². The van der Waals surface area contributed by atoms with Crippen molar-refractivity contribution in [1.82, 2.24) is 0 Å². The minimum atomic E-state index is -0.578. The molecule has 0 aromatic heterocycles. The molecule has 1 aliphatic rings. The van der Waals surface area contributed by atoms with Gasteiger partial charge in [-0.1, -0.05) is 18.2 Å². The third-order valence-corrected chi connectivity index (χ3v) is 3.76. The van der Waals surface area contributed by atoms with E-state index < -0.39 is 23.5 Å². The van der Waals surface area contributed by atoms with Gasteiger partial charge in [-0.3, -0.25) is 14.4 Å². The molecule has 0 radical (unpaired) electrons. The van der Waals surface area contributed by atoms with E-state index in [1.54, 1.807) is 6.07 Å². The molecule has 0 saturated heterocycles. The lowest BCUT2D eigenvalue weighted by Crippen LogP contribution is -2.07. The van der Waals surface area contributed by atoms with Crippen molar-refractivity contribution in [2.24, 2.45) is 0 Å². The van der Waals surface area contributed by atoms with Crippen LogP contribution in [0.25, 0.3) is 6.08 Å². The van der Waals surface area contributed by atoms with Crippen molar-refractivity contribution in [2.75, 3.05) is 0 Å². The summed E-state index contributed by atoms with van der Waals surface area (Å²) >= 11 is 0. The highest BCUT2D eigenvalue weighted by Gasteiger charge is 2.32. The van der Waals surface area contributed by atoms with Crippen molar-refractivity contribution >= 4 is 23.8 Å². The average molecular weight is 370 g/mol. The van der Waals surface area contributed by atoms with Crippen LogP contribution in [0.15, 0.2) is 42.2 Å². The second kappa shape index (κ2) is 7.41. The molecule has 0 bridgehead atoms. The SMILES string of the molecule is CC(=O)OCc1c(OC(C)=O)ccc2c1O/C(=C\c1ccccc1F)C2=O. The molecular formula is C20H15FO6. The molecule has 6 nitrogen and oxygen atoms in total. The van der Waals surface area contributed by atoms with Crippen LogP contribution in [0.4, 0.5) is 4.39 Å². The summed E-state index contributed by atoms with van der Waals surface area (Å²) in [4.78, 5) is 35.1. The predicted octanol–water partition coefficient (Wildman–Crippen LogP) is 3.43. The number of rotatable bonds is 4. The zero-order valence-electron chi connectivity index (χ0n) is 14.6. The minimum Gasteiger partial charge on any atom is -0.461 e. The molecule has 7 heteroatoms. The van der Waals surface area contributed by atoms with Crippen LogP contribution < -0.4 is 9.47 Å². The second-order valence-electron chi connectivity index (χ2n) is 5.75. The quantitative estimate of drug-likeness (QED) is 0.466. The van der Waals surface area contributed by atoms with Gasteiger partial charge in [0.05, 0.1) is 11.1 Å². The van der Waals surface area contributed by atoms with Crippen LogP contribution in [0.1, 0.15) is 35.3 Å². The van der Waals surface area contributed by atoms with Gasteiger partial charge in [0.15, 0.2) is 5.76 Å². The Morgan fingerprint density at radius 3 is 2.52 bits per heavy atom. The first-order valence-corrected chi connectivity index (χ1v) is 8.03. The fourth-order valence-corrected chi connectivity index (χ4v) is 2.58. The first-order valence-electron chi connectivity index (χ1n) is 8.03. The summed E-state index contributed by atoms with van der Waals surface area (Å²) < 4.78 is 29.6. The highest BCUT2D eigenvalue weighted by molar-refractivity contribution is 6.15. The monoisotopic (exact) mass is 370 g/mol. The predicted molar refractivity (Wildman–Crippen MR) is 92.6 cm³/mol. The van der Waals surface area contributed by atoms with Crippen LogP contribution in [0.3, 0.4) is 0 Å². The Morgan fingerprint density at radius 1 is 1.11 bits per heavy atom. The number of ketones is 1. The van der Waals surface area contributed by atoms with Gasteiger partial charge in [-0.2, -0.15) is 0 Å². The molecule has 0 unspecified atom stereocenters. The van der Waals surface area contributed by atoms with E-state index in [1.165, 1.54) is 50.3 Å². The number of halogens is 1. The molecule has 0 fully saturated rings. The largest absolute Gasteiger partial charge is 0.461 e. The van der Waals surface area contributed by atoms with E-state index in [2.05, 4.69) is 0 Å². The topological polar surface area (TPSA) is 78.9 Å². The highest BCUT2D eigenvalue weighted by atomic mass is 19.1. The average Bonchev–Trinajstić information content (AvgIpc) is 2.91. The van der Waals surface area contributed by atoms with Gasteiger partial charge in [0.1, 0.15) is 23.9 Å². The van der Waals surface area contributed by atoms with Crippen molar-refractivity contribution in [3.63, 3.8) is 0 Å². The van der Waals surface area contributed by atoms with Gasteiger partial charge in [0, 0.05) is 19.4 Å². The lowest BCUT2D eigenvalue weighted by Gasteiger charge is -2.12. The first-order chi connectivity index (χ1) is 12.9. The van der Waals surface area contributed by atoms with Gasteiger partial charge in [0.25, 0.3) is 0 Å². The number of allylic oxidation sites excluding steroid dienone is 1. The lowest BCUT2D eigenvalue weighted by atomic mass is 10.0.